The molecule has 3 aromatic rings. The van der Waals surface area contributed by atoms with Crippen molar-refractivity contribution in [3.8, 4) is 5.75 Å². The number of aryl methyl sites for hydroxylation is 1. The number of nitrogens with one attached hydrogen (secondary N) is 1. The van der Waals surface area contributed by atoms with Crippen molar-refractivity contribution in [3.05, 3.63) is 71.1 Å². The van der Waals surface area contributed by atoms with Crippen molar-refractivity contribution in [2.75, 3.05) is 11.8 Å². The Labute approximate surface area is 234 Å². The molecule has 0 amide bonds. The molecule has 41 heavy (non-hydrogen) atoms. The number of methoxy groups -OCH3 is 1. The van der Waals surface area contributed by atoms with Gasteiger partial charge in [-0.3, -0.25) is 4.72 Å². The van der Waals surface area contributed by atoms with Gasteiger partial charge >= 0.3 is 12.8 Å². The molecule has 2 aromatic carbocycles. The SMILES string of the molecule is [2H]C([2H])([2H])O[C@@]1(C(F)(F)F)CCc2c(S(=O)(=O)Nc3cc(F)c(OC(F)F)cc3F)cn(S(=O)(=O)c3ccc(C)cc3)c2C1. The van der Waals surface area contributed by atoms with Crippen LogP contribution in [0.5, 0.6) is 5.75 Å². The monoisotopic (exact) mass is 633 g/mol. The zero-order chi connectivity index (χ0) is 33.0. The molecular weight excluding hydrogens is 609 g/mol. The molecule has 17 heteroatoms. The van der Waals surface area contributed by atoms with E-state index in [0.29, 0.717) is 11.8 Å². The van der Waals surface area contributed by atoms with Crippen LogP contribution in [-0.2, 0) is 37.6 Å². The number of hydrogen-bond acceptors (Lipinski definition) is 6. The molecule has 0 bridgehead atoms. The van der Waals surface area contributed by atoms with Crippen molar-refractivity contribution in [1.29, 1.82) is 0 Å². The maximum absolute atomic E-state index is 14.6. The molecule has 0 radical (unpaired) electrons. The molecule has 1 aliphatic rings. The first-order valence-electron chi connectivity index (χ1n) is 12.9. The second-order valence-electron chi connectivity index (χ2n) is 9.05. The van der Waals surface area contributed by atoms with Crippen molar-refractivity contribution < 1.29 is 61.2 Å². The zero-order valence-corrected chi connectivity index (χ0v) is 22.2. The number of rotatable bonds is 8. The third kappa shape index (κ3) is 5.61. The fourth-order valence-corrected chi connectivity index (χ4v) is 7.15. The summed E-state index contributed by atoms with van der Waals surface area (Å²) in [7, 11) is -13.6. The normalized spacial score (nSPS) is 19.3. The van der Waals surface area contributed by atoms with Crippen LogP contribution < -0.4 is 9.46 Å². The molecule has 1 atom stereocenters. The summed E-state index contributed by atoms with van der Waals surface area (Å²) in [5.74, 6) is -4.46. The van der Waals surface area contributed by atoms with E-state index >= 15 is 0 Å². The van der Waals surface area contributed by atoms with E-state index in [9.17, 15) is 47.6 Å². The lowest BCUT2D eigenvalue weighted by molar-refractivity contribution is -0.273. The quantitative estimate of drug-likeness (QED) is 0.345. The summed E-state index contributed by atoms with van der Waals surface area (Å²) in [5.41, 5.74) is -5.27. The number of anilines is 1. The lowest BCUT2D eigenvalue weighted by Gasteiger charge is -2.38. The summed E-state index contributed by atoms with van der Waals surface area (Å²) in [6, 6.07) is 5.20. The van der Waals surface area contributed by atoms with E-state index in [1.165, 1.54) is 12.1 Å². The summed E-state index contributed by atoms with van der Waals surface area (Å²) in [5, 5.41) is 0. The maximum Gasteiger partial charge on any atom is 0.417 e. The molecule has 0 aliphatic heterocycles. The van der Waals surface area contributed by atoms with Gasteiger partial charge in [-0.05, 0) is 37.5 Å². The Morgan fingerprint density at radius 3 is 2.32 bits per heavy atom. The predicted molar refractivity (Wildman–Crippen MR) is 130 cm³/mol. The van der Waals surface area contributed by atoms with Crippen molar-refractivity contribution >= 4 is 25.7 Å². The Bertz CT molecular complexity index is 1800. The van der Waals surface area contributed by atoms with Crippen LogP contribution in [0, 0.1) is 18.6 Å². The molecular formula is C24H21F7N2O6S2. The molecule has 0 unspecified atom stereocenters. The molecule has 0 saturated heterocycles. The summed E-state index contributed by atoms with van der Waals surface area (Å²) >= 11 is 0. The van der Waals surface area contributed by atoms with Gasteiger partial charge in [-0.15, -0.1) is 0 Å². The van der Waals surface area contributed by atoms with Gasteiger partial charge in [-0.2, -0.15) is 22.0 Å². The number of nitrogens with zero attached hydrogens (tertiary/aromatic N) is 1. The largest absolute Gasteiger partial charge is 0.432 e. The molecule has 0 spiro atoms. The van der Waals surface area contributed by atoms with Crippen LogP contribution in [0.1, 0.15) is 27.4 Å². The molecule has 1 heterocycles. The van der Waals surface area contributed by atoms with Crippen LogP contribution in [0.3, 0.4) is 0 Å². The van der Waals surface area contributed by atoms with E-state index in [1.807, 2.05) is 0 Å². The van der Waals surface area contributed by atoms with Crippen LogP contribution in [0.25, 0.3) is 0 Å². The number of hydrogen-bond donors (Lipinski definition) is 1. The number of halogens is 7. The second kappa shape index (κ2) is 10.5. The van der Waals surface area contributed by atoms with Gasteiger partial charge < -0.3 is 9.47 Å². The van der Waals surface area contributed by atoms with Crippen molar-refractivity contribution in [2.24, 2.45) is 0 Å². The average molecular weight is 634 g/mol. The highest BCUT2D eigenvalue weighted by molar-refractivity contribution is 7.93. The van der Waals surface area contributed by atoms with E-state index in [1.54, 1.807) is 11.6 Å². The van der Waals surface area contributed by atoms with E-state index in [4.69, 9.17) is 4.11 Å². The molecule has 0 saturated carbocycles. The molecule has 4 rings (SSSR count). The molecule has 1 aromatic heterocycles. The van der Waals surface area contributed by atoms with Gasteiger partial charge in [0.25, 0.3) is 20.0 Å². The first-order valence-corrected chi connectivity index (χ1v) is 14.3. The maximum atomic E-state index is 14.6. The Balaban J connectivity index is 1.90. The number of aromatic nitrogens is 1. The van der Waals surface area contributed by atoms with Crippen LogP contribution in [-0.4, -0.2) is 46.2 Å². The number of sulfonamides is 1. The zero-order valence-electron chi connectivity index (χ0n) is 23.6. The Morgan fingerprint density at radius 2 is 1.73 bits per heavy atom. The van der Waals surface area contributed by atoms with Crippen molar-refractivity contribution in [2.45, 2.75) is 54.4 Å². The Kier molecular flexibility index (Phi) is 6.81. The van der Waals surface area contributed by atoms with Crippen LogP contribution in [0.2, 0.25) is 0 Å². The van der Waals surface area contributed by atoms with Gasteiger partial charge in [0, 0.05) is 37.5 Å². The van der Waals surface area contributed by atoms with Gasteiger partial charge in [-0.1, -0.05) is 17.7 Å². The first-order chi connectivity index (χ1) is 20.1. The molecule has 1 N–H and O–H groups in total. The van der Waals surface area contributed by atoms with Crippen LogP contribution in [0.15, 0.2) is 52.4 Å². The highest BCUT2D eigenvalue weighted by atomic mass is 32.2. The highest BCUT2D eigenvalue weighted by Crippen LogP contribution is 2.45. The van der Waals surface area contributed by atoms with E-state index < -0.39 is 109 Å². The topological polar surface area (TPSA) is 104 Å². The minimum absolute atomic E-state index is 0.117. The first kappa shape index (κ1) is 26.6. The molecule has 8 nitrogen and oxygen atoms in total. The second-order valence-corrected chi connectivity index (χ2v) is 12.5. The van der Waals surface area contributed by atoms with Gasteiger partial charge in [-0.25, -0.2) is 29.6 Å². The minimum Gasteiger partial charge on any atom is -0.432 e. The van der Waals surface area contributed by atoms with E-state index in [0.717, 1.165) is 12.1 Å². The van der Waals surface area contributed by atoms with E-state index in [2.05, 4.69) is 9.47 Å². The fourth-order valence-electron chi connectivity index (χ4n) is 4.33. The van der Waals surface area contributed by atoms with E-state index in [-0.39, 0.29) is 16.1 Å². The van der Waals surface area contributed by atoms with Crippen molar-refractivity contribution in [1.82, 2.24) is 3.97 Å². The Hall–Kier alpha value is -3.31. The number of fused-ring (bicyclic) bond motifs is 1. The minimum atomic E-state index is -5.37. The third-order valence-electron chi connectivity index (χ3n) is 6.44. The number of ether oxygens (including phenoxy) is 2. The smallest absolute Gasteiger partial charge is 0.417 e. The van der Waals surface area contributed by atoms with Gasteiger partial charge in [0.1, 0.15) is 4.90 Å². The van der Waals surface area contributed by atoms with Crippen LogP contribution in [0.4, 0.5) is 36.4 Å². The fraction of sp³-hybridized carbons (Fsp3) is 0.333. The summed E-state index contributed by atoms with van der Waals surface area (Å²) in [4.78, 5) is -1.43. The summed E-state index contributed by atoms with van der Waals surface area (Å²) in [6.07, 6.45) is -8.40. The number of benzene rings is 2. The molecule has 1 aliphatic carbocycles. The molecule has 0 fully saturated rings. The Morgan fingerprint density at radius 1 is 1.07 bits per heavy atom. The third-order valence-corrected chi connectivity index (χ3v) is 9.57. The van der Waals surface area contributed by atoms with Crippen molar-refractivity contribution in [3.63, 3.8) is 0 Å². The lowest BCUT2D eigenvalue weighted by Crippen LogP contribution is -2.51. The van der Waals surface area contributed by atoms with Gasteiger partial charge in [0.2, 0.25) is 0 Å². The lowest BCUT2D eigenvalue weighted by atomic mass is 9.83. The average Bonchev–Trinajstić information content (AvgIpc) is 3.26. The number of alkyl halides is 5. The predicted octanol–water partition coefficient (Wildman–Crippen LogP) is 5.15. The molecule has 224 valence electrons. The van der Waals surface area contributed by atoms with Gasteiger partial charge in [0.15, 0.2) is 23.0 Å². The van der Waals surface area contributed by atoms with Crippen LogP contribution >= 0.6 is 0 Å². The summed E-state index contributed by atoms with van der Waals surface area (Å²) < 4.78 is 183. The van der Waals surface area contributed by atoms with Gasteiger partial charge in [0.05, 0.1) is 14.7 Å². The standard InChI is InChI=1S/C24H21F7N2O6S2/c1-13-3-5-14(6-4-13)41(36,37)33-12-21(15-7-8-23(38-2,11-19(15)33)24(29,30)31)40(34,35)32-18-9-17(26)20(10-16(18)25)39-22(27)28/h3-6,9-10,12,22,32H,7-8,11H2,1-2H3/t23-/m0/s1/i2D3. The highest BCUT2D eigenvalue weighted by Gasteiger charge is 2.58. The summed E-state index contributed by atoms with van der Waals surface area (Å²) in [6.45, 7) is -1.94.